The van der Waals surface area contributed by atoms with Gasteiger partial charge in [0.2, 0.25) is 0 Å². The Morgan fingerprint density at radius 3 is 2.85 bits per heavy atom. The summed E-state index contributed by atoms with van der Waals surface area (Å²) in [6.07, 6.45) is 1.86. The Kier molecular flexibility index (Phi) is 4.52. The molecule has 3 aliphatic rings. The van der Waals surface area contributed by atoms with Crippen LogP contribution in [0, 0.1) is 0 Å². The molecule has 0 bridgehead atoms. The van der Waals surface area contributed by atoms with Crippen molar-refractivity contribution in [2.45, 2.75) is 25.2 Å². The molecule has 2 heterocycles. The summed E-state index contributed by atoms with van der Waals surface area (Å²) in [4.78, 5) is 40.2. The molecule has 1 N–H and O–H groups in total. The first-order valence-corrected chi connectivity index (χ1v) is 9.30. The Hall–Kier alpha value is -2.60. The Morgan fingerprint density at radius 2 is 2.11 bits per heavy atom. The van der Waals surface area contributed by atoms with Gasteiger partial charge in [-0.3, -0.25) is 9.59 Å². The van der Waals surface area contributed by atoms with Crippen LogP contribution in [0.15, 0.2) is 46.8 Å². The second-order valence-corrected chi connectivity index (χ2v) is 7.22. The summed E-state index contributed by atoms with van der Waals surface area (Å²) in [5, 5.41) is 3.30. The predicted molar refractivity (Wildman–Crippen MR) is 98.8 cm³/mol. The minimum absolute atomic E-state index is 0.00709. The van der Waals surface area contributed by atoms with E-state index in [9.17, 15) is 14.4 Å². The fraction of sp³-hybridized carbons (Fsp3) is 0.350. The molecular formula is C20H19ClN2O4. The number of ether oxygens (including phenoxy) is 1. The lowest BCUT2D eigenvalue weighted by atomic mass is 9.74. The lowest BCUT2D eigenvalue weighted by Crippen LogP contribution is -2.50. The van der Waals surface area contributed by atoms with Crippen LogP contribution < -0.4 is 5.32 Å². The van der Waals surface area contributed by atoms with E-state index < -0.39 is 11.9 Å². The summed E-state index contributed by atoms with van der Waals surface area (Å²) in [6.45, 7) is 0.986. The number of rotatable bonds is 2. The van der Waals surface area contributed by atoms with Gasteiger partial charge >= 0.3 is 5.97 Å². The van der Waals surface area contributed by atoms with E-state index in [1.807, 2.05) is 11.0 Å². The molecule has 1 aromatic carbocycles. The fourth-order valence-electron chi connectivity index (χ4n) is 4.22. The molecule has 1 amide bonds. The number of benzene rings is 1. The standard InChI is InChI=1S/C20H19ClN2O4/c1-27-20(26)17-15(11-4-2-5-12(21)10-11)16-13(6-3-7-14(16)24)23-9-8-22-19(25)18(17)23/h2,4-5,10,15H,3,6-9H2,1H3,(H,22,25)/t15-/m0/s1. The first kappa shape index (κ1) is 17.8. The highest BCUT2D eigenvalue weighted by molar-refractivity contribution is 6.30. The molecule has 1 aromatic rings. The molecule has 1 fully saturated rings. The summed E-state index contributed by atoms with van der Waals surface area (Å²) in [6, 6.07) is 7.07. The molecule has 1 aliphatic carbocycles. The number of hydrogen-bond acceptors (Lipinski definition) is 5. The molecule has 0 unspecified atom stereocenters. The molecule has 0 saturated carbocycles. The van der Waals surface area contributed by atoms with E-state index >= 15 is 0 Å². The topological polar surface area (TPSA) is 75.7 Å². The Labute approximate surface area is 161 Å². The number of hydrogen-bond donors (Lipinski definition) is 1. The summed E-state index contributed by atoms with van der Waals surface area (Å²) in [7, 11) is 1.28. The van der Waals surface area contributed by atoms with Gasteiger partial charge in [0.1, 0.15) is 5.70 Å². The molecule has 0 radical (unpaired) electrons. The molecule has 7 heteroatoms. The third-order valence-electron chi connectivity index (χ3n) is 5.28. The van der Waals surface area contributed by atoms with Crippen LogP contribution in [0.3, 0.4) is 0 Å². The van der Waals surface area contributed by atoms with Crippen molar-refractivity contribution in [2.75, 3.05) is 20.2 Å². The van der Waals surface area contributed by atoms with Gasteiger partial charge in [0.25, 0.3) is 5.91 Å². The normalized spacial score (nSPS) is 22.3. The monoisotopic (exact) mass is 386 g/mol. The number of carbonyl (C=O) groups is 3. The average molecular weight is 387 g/mol. The molecule has 27 heavy (non-hydrogen) atoms. The summed E-state index contributed by atoms with van der Waals surface area (Å²) < 4.78 is 5.01. The number of nitrogens with zero attached hydrogens (tertiary/aromatic N) is 1. The van der Waals surface area contributed by atoms with Crippen LogP contribution in [-0.4, -0.2) is 42.8 Å². The van der Waals surface area contributed by atoms with E-state index in [1.165, 1.54) is 7.11 Å². The largest absolute Gasteiger partial charge is 0.466 e. The molecular weight excluding hydrogens is 368 g/mol. The number of allylic oxidation sites excluding steroid dienone is 2. The second kappa shape index (κ2) is 6.85. The number of piperazine rings is 1. The molecule has 0 aromatic heterocycles. The first-order chi connectivity index (χ1) is 13.0. The van der Waals surface area contributed by atoms with Gasteiger partial charge in [0, 0.05) is 41.7 Å². The zero-order chi connectivity index (χ0) is 19.1. The maximum atomic E-state index is 12.9. The second-order valence-electron chi connectivity index (χ2n) is 6.79. The number of carbonyl (C=O) groups excluding carboxylic acids is 3. The number of methoxy groups -OCH3 is 1. The fourth-order valence-corrected chi connectivity index (χ4v) is 4.42. The summed E-state index contributed by atoms with van der Waals surface area (Å²) in [5.74, 6) is -1.58. The first-order valence-electron chi connectivity index (χ1n) is 8.93. The van der Waals surface area contributed by atoms with E-state index in [1.54, 1.807) is 18.2 Å². The molecule has 0 spiro atoms. The van der Waals surface area contributed by atoms with Crippen LogP contribution in [0.25, 0.3) is 0 Å². The number of amides is 1. The molecule has 6 nitrogen and oxygen atoms in total. The van der Waals surface area contributed by atoms with Crippen LogP contribution in [-0.2, 0) is 19.1 Å². The zero-order valence-electron chi connectivity index (χ0n) is 14.9. The van der Waals surface area contributed by atoms with E-state index in [0.717, 1.165) is 12.1 Å². The van der Waals surface area contributed by atoms with E-state index in [4.69, 9.17) is 16.3 Å². The summed E-state index contributed by atoms with van der Waals surface area (Å²) in [5.41, 5.74) is 2.62. The van der Waals surface area contributed by atoms with Crippen molar-refractivity contribution in [2.24, 2.45) is 0 Å². The summed E-state index contributed by atoms with van der Waals surface area (Å²) >= 11 is 6.18. The van der Waals surface area contributed by atoms with Crippen LogP contribution >= 0.6 is 11.6 Å². The minimum atomic E-state index is -0.658. The van der Waals surface area contributed by atoms with Crippen molar-refractivity contribution < 1.29 is 19.1 Å². The SMILES string of the molecule is COC(=O)C1=C2C(=O)NCCN2C2=C(C(=O)CCC2)[C@@H]1c1cccc(Cl)c1. The highest BCUT2D eigenvalue weighted by Gasteiger charge is 2.45. The van der Waals surface area contributed by atoms with Crippen molar-refractivity contribution in [1.29, 1.82) is 0 Å². The molecule has 4 rings (SSSR count). The highest BCUT2D eigenvalue weighted by atomic mass is 35.5. The van der Waals surface area contributed by atoms with E-state index in [0.29, 0.717) is 42.1 Å². The smallest absolute Gasteiger partial charge is 0.337 e. The van der Waals surface area contributed by atoms with Gasteiger partial charge in [-0.15, -0.1) is 0 Å². The lowest BCUT2D eigenvalue weighted by molar-refractivity contribution is -0.137. The van der Waals surface area contributed by atoms with Crippen molar-refractivity contribution in [3.05, 3.63) is 57.4 Å². The third-order valence-corrected chi connectivity index (χ3v) is 5.52. The van der Waals surface area contributed by atoms with Gasteiger partial charge in [-0.05, 0) is 30.5 Å². The van der Waals surface area contributed by atoms with Gasteiger partial charge in [-0.2, -0.15) is 0 Å². The van der Waals surface area contributed by atoms with Crippen molar-refractivity contribution in [3.8, 4) is 0 Å². The lowest BCUT2D eigenvalue weighted by Gasteiger charge is -2.43. The minimum Gasteiger partial charge on any atom is -0.466 e. The zero-order valence-corrected chi connectivity index (χ0v) is 15.6. The Bertz CT molecular complexity index is 918. The van der Waals surface area contributed by atoms with Crippen molar-refractivity contribution >= 4 is 29.3 Å². The predicted octanol–water partition coefficient (Wildman–Crippen LogP) is 2.30. The van der Waals surface area contributed by atoms with Gasteiger partial charge in [0.05, 0.1) is 12.7 Å². The van der Waals surface area contributed by atoms with E-state index in [2.05, 4.69) is 5.32 Å². The Morgan fingerprint density at radius 1 is 1.30 bits per heavy atom. The van der Waals surface area contributed by atoms with E-state index in [-0.39, 0.29) is 23.0 Å². The highest BCUT2D eigenvalue weighted by Crippen LogP contribution is 2.47. The number of nitrogens with one attached hydrogen (secondary N) is 1. The van der Waals surface area contributed by atoms with Crippen molar-refractivity contribution in [3.63, 3.8) is 0 Å². The van der Waals surface area contributed by atoms with Gasteiger partial charge < -0.3 is 15.0 Å². The van der Waals surface area contributed by atoms with Crippen molar-refractivity contribution in [1.82, 2.24) is 10.2 Å². The number of halogens is 1. The van der Waals surface area contributed by atoms with Crippen LogP contribution in [0.2, 0.25) is 5.02 Å². The maximum absolute atomic E-state index is 12.9. The Balaban J connectivity index is 2.02. The quantitative estimate of drug-likeness (QED) is 0.789. The van der Waals surface area contributed by atoms with Crippen LogP contribution in [0.1, 0.15) is 30.7 Å². The maximum Gasteiger partial charge on any atom is 0.337 e. The van der Waals surface area contributed by atoms with Gasteiger partial charge in [-0.25, -0.2) is 4.79 Å². The van der Waals surface area contributed by atoms with Crippen LogP contribution in [0.4, 0.5) is 0 Å². The average Bonchev–Trinajstić information content (AvgIpc) is 2.67. The number of Topliss-reactive ketones (excluding diaryl/α,β-unsaturated/α-hetero) is 1. The number of fused-ring (bicyclic) bond motifs is 2. The molecule has 1 atom stereocenters. The molecule has 140 valence electrons. The number of ketones is 1. The molecule has 1 saturated heterocycles. The van der Waals surface area contributed by atoms with Gasteiger partial charge in [0.15, 0.2) is 5.78 Å². The van der Waals surface area contributed by atoms with Gasteiger partial charge in [-0.1, -0.05) is 23.7 Å². The van der Waals surface area contributed by atoms with Crippen LogP contribution in [0.5, 0.6) is 0 Å². The third kappa shape index (κ3) is 2.84. The number of esters is 1. The molecule has 2 aliphatic heterocycles.